The average molecular weight is 272 g/mol. The molecule has 2 atom stereocenters. The molecule has 1 fully saturated rings. The van der Waals surface area contributed by atoms with Crippen LogP contribution in [0.5, 0.6) is 0 Å². The molecule has 1 aromatic heterocycles. The van der Waals surface area contributed by atoms with Crippen molar-refractivity contribution in [3.8, 4) is 0 Å². The molecule has 2 N–H and O–H groups in total. The van der Waals surface area contributed by atoms with Gasteiger partial charge in [0.1, 0.15) is 11.6 Å². The molecule has 0 amide bonds. The van der Waals surface area contributed by atoms with Crippen molar-refractivity contribution in [1.29, 1.82) is 0 Å². The Morgan fingerprint density at radius 2 is 1.90 bits per heavy atom. The standard InChI is InChI=1S/C15H20N4O/c1-10-7-19(8-11(2)20-10)9-14-17-13-6-4-3-5-12(13)15(16)18-14/h3-6,10-11H,7-9H2,1-2H3,(H2,16,17,18)/t10-,11+. The van der Waals surface area contributed by atoms with E-state index in [2.05, 4.69) is 28.7 Å². The van der Waals surface area contributed by atoms with Crippen LogP contribution in [0.2, 0.25) is 0 Å². The van der Waals surface area contributed by atoms with Gasteiger partial charge in [-0.15, -0.1) is 0 Å². The summed E-state index contributed by atoms with van der Waals surface area (Å²) in [6, 6.07) is 7.85. The Morgan fingerprint density at radius 1 is 1.20 bits per heavy atom. The number of ether oxygens (including phenoxy) is 1. The summed E-state index contributed by atoms with van der Waals surface area (Å²) in [5.41, 5.74) is 6.93. The molecule has 1 saturated heterocycles. The lowest BCUT2D eigenvalue weighted by molar-refractivity contribution is -0.0710. The summed E-state index contributed by atoms with van der Waals surface area (Å²) in [5, 5.41) is 0.917. The predicted molar refractivity (Wildman–Crippen MR) is 79.2 cm³/mol. The second-order valence-electron chi connectivity index (χ2n) is 5.49. The minimum Gasteiger partial charge on any atom is -0.383 e. The number of fused-ring (bicyclic) bond motifs is 1. The van der Waals surface area contributed by atoms with Crippen LogP contribution in [0.1, 0.15) is 19.7 Å². The Hall–Kier alpha value is -1.72. The van der Waals surface area contributed by atoms with E-state index < -0.39 is 0 Å². The second kappa shape index (κ2) is 5.34. The molecule has 0 radical (unpaired) electrons. The Bertz CT molecular complexity index is 606. The Balaban J connectivity index is 1.84. The van der Waals surface area contributed by atoms with Gasteiger partial charge in [0.2, 0.25) is 0 Å². The predicted octanol–water partition coefficient (Wildman–Crippen LogP) is 1.82. The van der Waals surface area contributed by atoms with Crippen LogP contribution < -0.4 is 5.73 Å². The van der Waals surface area contributed by atoms with Crippen molar-refractivity contribution in [2.45, 2.75) is 32.6 Å². The van der Waals surface area contributed by atoms with Gasteiger partial charge >= 0.3 is 0 Å². The molecule has 106 valence electrons. The highest BCUT2D eigenvalue weighted by molar-refractivity contribution is 5.87. The van der Waals surface area contributed by atoms with Gasteiger partial charge < -0.3 is 10.5 Å². The number of rotatable bonds is 2. The van der Waals surface area contributed by atoms with Gasteiger partial charge in [0.15, 0.2) is 0 Å². The van der Waals surface area contributed by atoms with Gasteiger partial charge in [0, 0.05) is 18.5 Å². The molecule has 2 aromatic rings. The number of nitrogen functional groups attached to an aromatic ring is 1. The maximum atomic E-state index is 6.02. The highest BCUT2D eigenvalue weighted by Gasteiger charge is 2.23. The van der Waals surface area contributed by atoms with Gasteiger partial charge in [0.25, 0.3) is 0 Å². The molecule has 0 bridgehead atoms. The Morgan fingerprint density at radius 3 is 2.65 bits per heavy atom. The Kier molecular flexibility index (Phi) is 3.54. The number of hydrogen-bond acceptors (Lipinski definition) is 5. The van der Waals surface area contributed by atoms with Gasteiger partial charge in [-0.25, -0.2) is 9.97 Å². The third-order valence-corrected chi connectivity index (χ3v) is 3.54. The highest BCUT2D eigenvalue weighted by Crippen LogP contribution is 2.19. The van der Waals surface area contributed by atoms with Crippen LogP contribution in [0, 0.1) is 0 Å². The highest BCUT2D eigenvalue weighted by atomic mass is 16.5. The van der Waals surface area contributed by atoms with E-state index in [0.717, 1.165) is 29.8 Å². The minimum absolute atomic E-state index is 0.247. The normalized spacial score (nSPS) is 24.1. The number of aromatic nitrogens is 2. The topological polar surface area (TPSA) is 64.3 Å². The van der Waals surface area contributed by atoms with Crippen LogP contribution >= 0.6 is 0 Å². The molecular weight excluding hydrogens is 252 g/mol. The van der Waals surface area contributed by atoms with E-state index in [-0.39, 0.29) is 12.2 Å². The summed E-state index contributed by atoms with van der Waals surface area (Å²) >= 11 is 0. The van der Waals surface area contributed by atoms with E-state index in [1.807, 2.05) is 24.3 Å². The number of hydrogen-bond donors (Lipinski definition) is 1. The fraction of sp³-hybridized carbons (Fsp3) is 0.467. The zero-order chi connectivity index (χ0) is 14.1. The molecule has 20 heavy (non-hydrogen) atoms. The first-order valence-corrected chi connectivity index (χ1v) is 7.01. The summed E-state index contributed by atoms with van der Waals surface area (Å²) in [5.74, 6) is 1.34. The van der Waals surface area contributed by atoms with Crippen molar-refractivity contribution in [2.24, 2.45) is 0 Å². The number of nitrogens with zero attached hydrogens (tertiary/aromatic N) is 3. The van der Waals surface area contributed by atoms with Crippen LogP contribution in [0.4, 0.5) is 5.82 Å². The molecule has 1 aliphatic heterocycles. The van der Waals surface area contributed by atoms with Crippen molar-refractivity contribution in [2.75, 3.05) is 18.8 Å². The second-order valence-corrected chi connectivity index (χ2v) is 5.49. The van der Waals surface area contributed by atoms with Gasteiger partial charge in [-0.2, -0.15) is 0 Å². The SMILES string of the molecule is C[C@@H]1CN(Cc2nc(N)c3ccccc3n2)C[C@H](C)O1. The Labute approximate surface area is 118 Å². The summed E-state index contributed by atoms with van der Waals surface area (Å²) in [7, 11) is 0. The first kappa shape index (κ1) is 13.3. The molecule has 0 unspecified atom stereocenters. The quantitative estimate of drug-likeness (QED) is 0.903. The molecule has 5 nitrogen and oxygen atoms in total. The summed E-state index contributed by atoms with van der Waals surface area (Å²) in [4.78, 5) is 11.4. The zero-order valence-corrected chi connectivity index (χ0v) is 11.9. The van der Waals surface area contributed by atoms with E-state index in [1.54, 1.807) is 0 Å². The summed E-state index contributed by atoms with van der Waals surface area (Å²) < 4.78 is 5.74. The van der Waals surface area contributed by atoms with Crippen LogP contribution in [-0.4, -0.2) is 40.2 Å². The van der Waals surface area contributed by atoms with Crippen LogP contribution in [0.3, 0.4) is 0 Å². The van der Waals surface area contributed by atoms with Gasteiger partial charge in [0.05, 0.1) is 24.3 Å². The number of anilines is 1. The van der Waals surface area contributed by atoms with Crippen molar-refractivity contribution in [1.82, 2.24) is 14.9 Å². The van der Waals surface area contributed by atoms with Crippen molar-refractivity contribution >= 4 is 16.7 Å². The van der Waals surface area contributed by atoms with E-state index in [0.29, 0.717) is 12.4 Å². The van der Waals surface area contributed by atoms with Crippen molar-refractivity contribution in [3.05, 3.63) is 30.1 Å². The number of morpholine rings is 1. The fourth-order valence-corrected chi connectivity index (χ4v) is 2.84. The van der Waals surface area contributed by atoms with Gasteiger partial charge in [-0.05, 0) is 26.0 Å². The molecule has 0 saturated carbocycles. The largest absolute Gasteiger partial charge is 0.383 e. The van der Waals surface area contributed by atoms with E-state index in [9.17, 15) is 0 Å². The summed E-state index contributed by atoms with van der Waals surface area (Å²) in [6.07, 6.45) is 0.494. The maximum Gasteiger partial charge on any atom is 0.145 e. The smallest absolute Gasteiger partial charge is 0.145 e. The number of benzene rings is 1. The van der Waals surface area contributed by atoms with Gasteiger partial charge in [-0.3, -0.25) is 4.90 Å². The average Bonchev–Trinajstić information content (AvgIpc) is 2.37. The van der Waals surface area contributed by atoms with E-state index in [4.69, 9.17) is 10.5 Å². The van der Waals surface area contributed by atoms with E-state index in [1.165, 1.54) is 0 Å². The van der Waals surface area contributed by atoms with Crippen LogP contribution in [0.15, 0.2) is 24.3 Å². The lowest BCUT2D eigenvalue weighted by atomic mass is 10.2. The molecule has 1 aromatic carbocycles. The van der Waals surface area contributed by atoms with Crippen molar-refractivity contribution in [3.63, 3.8) is 0 Å². The fourth-order valence-electron chi connectivity index (χ4n) is 2.84. The van der Waals surface area contributed by atoms with Gasteiger partial charge in [-0.1, -0.05) is 12.1 Å². The molecule has 2 heterocycles. The molecule has 0 aliphatic carbocycles. The monoisotopic (exact) mass is 272 g/mol. The molecule has 3 rings (SSSR count). The third-order valence-electron chi connectivity index (χ3n) is 3.54. The third kappa shape index (κ3) is 2.73. The molecule has 0 spiro atoms. The summed E-state index contributed by atoms with van der Waals surface area (Å²) in [6.45, 7) is 6.71. The first-order valence-electron chi connectivity index (χ1n) is 7.01. The molecule has 5 heteroatoms. The lowest BCUT2D eigenvalue weighted by Gasteiger charge is -2.34. The first-order chi connectivity index (χ1) is 9.61. The zero-order valence-electron chi connectivity index (χ0n) is 11.9. The molecule has 1 aliphatic rings. The number of nitrogens with two attached hydrogens (primary N) is 1. The van der Waals surface area contributed by atoms with Crippen LogP contribution in [0.25, 0.3) is 10.9 Å². The maximum absolute atomic E-state index is 6.02. The molecular formula is C15H20N4O. The van der Waals surface area contributed by atoms with Crippen molar-refractivity contribution < 1.29 is 4.74 Å². The van der Waals surface area contributed by atoms with E-state index >= 15 is 0 Å². The van der Waals surface area contributed by atoms with Crippen LogP contribution in [-0.2, 0) is 11.3 Å². The minimum atomic E-state index is 0.247. The lowest BCUT2D eigenvalue weighted by Crippen LogP contribution is -2.45. The number of para-hydroxylation sites is 1.